The number of amides is 1. The summed E-state index contributed by atoms with van der Waals surface area (Å²) in [7, 11) is 1.57. The van der Waals surface area contributed by atoms with Crippen LogP contribution in [-0.2, 0) is 6.54 Å². The average Bonchev–Trinajstić information content (AvgIpc) is 2.48. The van der Waals surface area contributed by atoms with Crippen LogP contribution in [0.1, 0.15) is 15.9 Å². The molecule has 19 heavy (non-hydrogen) atoms. The largest absolute Gasteiger partial charge is 0.495 e. The third-order valence-corrected chi connectivity index (χ3v) is 2.81. The Kier molecular flexibility index (Phi) is 4.15. The van der Waals surface area contributed by atoms with Crippen LogP contribution in [0.4, 0.5) is 5.69 Å². The van der Waals surface area contributed by atoms with Gasteiger partial charge in [0, 0.05) is 12.1 Å². The highest BCUT2D eigenvalue weighted by Crippen LogP contribution is 2.23. The molecule has 0 fully saturated rings. The van der Waals surface area contributed by atoms with Gasteiger partial charge in [0.1, 0.15) is 5.75 Å². The second kappa shape index (κ2) is 6.02. The molecular weight excluding hydrogens is 240 g/mol. The Morgan fingerprint density at radius 1 is 1.16 bits per heavy atom. The maximum Gasteiger partial charge on any atom is 0.255 e. The number of para-hydroxylation sites is 2. The topological polar surface area (TPSA) is 64.3 Å². The van der Waals surface area contributed by atoms with Crippen LogP contribution < -0.4 is 15.8 Å². The minimum atomic E-state index is -0.173. The summed E-state index contributed by atoms with van der Waals surface area (Å²) in [5.41, 5.74) is 7.75. The first kappa shape index (κ1) is 13.1. The molecule has 0 saturated heterocycles. The Bertz CT molecular complexity index is 565. The quantitative estimate of drug-likeness (QED) is 0.883. The fourth-order valence-electron chi connectivity index (χ4n) is 1.73. The zero-order valence-electron chi connectivity index (χ0n) is 10.7. The van der Waals surface area contributed by atoms with Gasteiger partial charge in [0.05, 0.1) is 12.8 Å². The summed E-state index contributed by atoms with van der Waals surface area (Å²) >= 11 is 0. The number of ether oxygens (including phenoxy) is 1. The minimum Gasteiger partial charge on any atom is -0.495 e. The van der Waals surface area contributed by atoms with E-state index in [4.69, 9.17) is 10.5 Å². The van der Waals surface area contributed by atoms with Gasteiger partial charge in [0.25, 0.3) is 5.91 Å². The molecule has 0 aliphatic rings. The summed E-state index contributed by atoms with van der Waals surface area (Å²) in [6, 6.07) is 14.5. The van der Waals surface area contributed by atoms with Crippen molar-refractivity contribution in [2.75, 3.05) is 12.4 Å². The van der Waals surface area contributed by atoms with E-state index in [-0.39, 0.29) is 5.91 Å². The van der Waals surface area contributed by atoms with E-state index in [1.165, 1.54) is 0 Å². The fraction of sp³-hybridized carbons (Fsp3) is 0.133. The van der Waals surface area contributed by atoms with Gasteiger partial charge in [-0.1, -0.05) is 24.3 Å². The third-order valence-electron chi connectivity index (χ3n) is 2.81. The van der Waals surface area contributed by atoms with Gasteiger partial charge in [0.15, 0.2) is 0 Å². The number of hydrogen-bond acceptors (Lipinski definition) is 3. The lowest BCUT2D eigenvalue weighted by Crippen LogP contribution is -2.12. The van der Waals surface area contributed by atoms with E-state index in [1.54, 1.807) is 31.4 Å². The first-order chi connectivity index (χ1) is 9.24. The number of anilines is 1. The molecule has 0 radical (unpaired) electrons. The monoisotopic (exact) mass is 256 g/mol. The van der Waals surface area contributed by atoms with Crippen LogP contribution >= 0.6 is 0 Å². The van der Waals surface area contributed by atoms with Crippen molar-refractivity contribution in [3.63, 3.8) is 0 Å². The van der Waals surface area contributed by atoms with Crippen molar-refractivity contribution in [1.29, 1.82) is 0 Å². The highest BCUT2D eigenvalue weighted by atomic mass is 16.5. The number of hydrogen-bond donors (Lipinski definition) is 2. The van der Waals surface area contributed by atoms with E-state index in [9.17, 15) is 4.79 Å². The lowest BCUT2D eigenvalue weighted by Gasteiger charge is -2.10. The van der Waals surface area contributed by atoms with Crippen molar-refractivity contribution in [2.24, 2.45) is 5.73 Å². The summed E-state index contributed by atoms with van der Waals surface area (Å²) in [6.45, 7) is 0.467. The molecule has 0 aliphatic heterocycles. The van der Waals surface area contributed by atoms with E-state index in [0.717, 1.165) is 5.56 Å². The van der Waals surface area contributed by atoms with Crippen LogP contribution in [0.2, 0.25) is 0 Å². The predicted molar refractivity (Wildman–Crippen MR) is 75.3 cm³/mol. The normalized spacial score (nSPS) is 10.0. The van der Waals surface area contributed by atoms with Crippen LogP contribution in [0.3, 0.4) is 0 Å². The van der Waals surface area contributed by atoms with Crippen molar-refractivity contribution >= 4 is 11.6 Å². The zero-order chi connectivity index (χ0) is 13.7. The number of rotatable bonds is 4. The molecule has 2 rings (SSSR count). The third kappa shape index (κ3) is 3.11. The van der Waals surface area contributed by atoms with Crippen molar-refractivity contribution in [2.45, 2.75) is 6.54 Å². The molecule has 0 heterocycles. The second-order valence-corrected chi connectivity index (χ2v) is 4.06. The van der Waals surface area contributed by atoms with Crippen molar-refractivity contribution in [3.8, 4) is 5.75 Å². The van der Waals surface area contributed by atoms with Gasteiger partial charge < -0.3 is 15.8 Å². The van der Waals surface area contributed by atoms with Gasteiger partial charge in [-0.15, -0.1) is 0 Å². The van der Waals surface area contributed by atoms with E-state index < -0.39 is 0 Å². The summed E-state index contributed by atoms with van der Waals surface area (Å²) in [6.07, 6.45) is 0. The number of carbonyl (C=O) groups excluding carboxylic acids is 1. The number of carbonyl (C=O) groups is 1. The van der Waals surface area contributed by atoms with Crippen LogP contribution in [0.15, 0.2) is 48.5 Å². The lowest BCUT2D eigenvalue weighted by molar-refractivity contribution is 0.102. The van der Waals surface area contributed by atoms with Gasteiger partial charge >= 0.3 is 0 Å². The predicted octanol–water partition coefficient (Wildman–Crippen LogP) is 2.41. The van der Waals surface area contributed by atoms with Crippen LogP contribution in [-0.4, -0.2) is 13.0 Å². The molecule has 1 amide bonds. The standard InChI is InChI=1S/C15H16N2O2/c1-19-14-5-3-2-4-13(14)17-15(18)12-8-6-11(10-16)7-9-12/h2-9H,10,16H2,1H3,(H,17,18). The molecule has 0 saturated carbocycles. The number of benzene rings is 2. The van der Waals surface area contributed by atoms with Crippen molar-refractivity contribution in [1.82, 2.24) is 0 Å². The van der Waals surface area contributed by atoms with Gasteiger partial charge in [-0.3, -0.25) is 4.79 Å². The van der Waals surface area contributed by atoms with Crippen molar-refractivity contribution < 1.29 is 9.53 Å². The number of nitrogens with two attached hydrogens (primary N) is 1. The Labute approximate surface area is 112 Å². The zero-order valence-corrected chi connectivity index (χ0v) is 10.7. The summed E-state index contributed by atoms with van der Waals surface area (Å²) in [5.74, 6) is 0.461. The van der Waals surface area contributed by atoms with Gasteiger partial charge in [-0.2, -0.15) is 0 Å². The Morgan fingerprint density at radius 3 is 2.47 bits per heavy atom. The Morgan fingerprint density at radius 2 is 1.84 bits per heavy atom. The van der Waals surface area contributed by atoms with Gasteiger partial charge in [-0.05, 0) is 29.8 Å². The molecule has 0 bridgehead atoms. The Balaban J connectivity index is 2.16. The molecule has 0 aliphatic carbocycles. The molecule has 98 valence electrons. The smallest absolute Gasteiger partial charge is 0.255 e. The molecule has 0 unspecified atom stereocenters. The first-order valence-corrected chi connectivity index (χ1v) is 5.98. The van der Waals surface area contributed by atoms with Crippen molar-refractivity contribution in [3.05, 3.63) is 59.7 Å². The lowest BCUT2D eigenvalue weighted by atomic mass is 10.1. The summed E-state index contributed by atoms with van der Waals surface area (Å²) < 4.78 is 5.19. The van der Waals surface area contributed by atoms with E-state index in [2.05, 4.69) is 5.32 Å². The molecule has 4 nitrogen and oxygen atoms in total. The second-order valence-electron chi connectivity index (χ2n) is 4.06. The molecular formula is C15H16N2O2. The van der Waals surface area contributed by atoms with E-state index in [0.29, 0.717) is 23.5 Å². The maximum atomic E-state index is 12.1. The highest BCUT2D eigenvalue weighted by Gasteiger charge is 2.08. The number of nitrogens with one attached hydrogen (secondary N) is 1. The molecule has 2 aromatic rings. The highest BCUT2D eigenvalue weighted by molar-refractivity contribution is 6.05. The Hall–Kier alpha value is -2.33. The minimum absolute atomic E-state index is 0.173. The molecule has 3 N–H and O–H groups in total. The van der Waals surface area contributed by atoms with Crippen LogP contribution in [0, 0.1) is 0 Å². The maximum absolute atomic E-state index is 12.1. The first-order valence-electron chi connectivity index (χ1n) is 5.98. The fourth-order valence-corrected chi connectivity index (χ4v) is 1.73. The summed E-state index contributed by atoms with van der Waals surface area (Å²) in [5, 5.41) is 2.82. The van der Waals surface area contributed by atoms with E-state index >= 15 is 0 Å². The van der Waals surface area contributed by atoms with E-state index in [1.807, 2.05) is 24.3 Å². The van der Waals surface area contributed by atoms with Crippen LogP contribution in [0.5, 0.6) is 5.75 Å². The van der Waals surface area contributed by atoms with Crippen LogP contribution in [0.25, 0.3) is 0 Å². The van der Waals surface area contributed by atoms with Gasteiger partial charge in [-0.25, -0.2) is 0 Å². The van der Waals surface area contributed by atoms with Gasteiger partial charge in [0.2, 0.25) is 0 Å². The molecule has 0 aromatic heterocycles. The molecule has 0 atom stereocenters. The summed E-state index contributed by atoms with van der Waals surface area (Å²) in [4.78, 5) is 12.1. The number of methoxy groups -OCH3 is 1. The SMILES string of the molecule is COc1ccccc1NC(=O)c1ccc(CN)cc1. The molecule has 0 spiro atoms. The molecule has 2 aromatic carbocycles. The molecule has 4 heteroatoms. The average molecular weight is 256 g/mol.